The summed E-state index contributed by atoms with van der Waals surface area (Å²) in [4.78, 5) is 30.3. The van der Waals surface area contributed by atoms with Crippen molar-refractivity contribution in [3.63, 3.8) is 0 Å². The molecule has 2 amide bonds. The van der Waals surface area contributed by atoms with E-state index in [4.69, 9.17) is 0 Å². The van der Waals surface area contributed by atoms with Gasteiger partial charge in [-0.1, -0.05) is 26.2 Å². The molecule has 0 saturated heterocycles. The first-order chi connectivity index (χ1) is 10.2. The zero-order valence-corrected chi connectivity index (χ0v) is 13.3. The van der Waals surface area contributed by atoms with Crippen molar-refractivity contribution in [3.8, 4) is 0 Å². The summed E-state index contributed by atoms with van der Waals surface area (Å²) in [5.74, 6) is 0.108. The van der Waals surface area contributed by atoms with Gasteiger partial charge in [0, 0.05) is 24.0 Å². The summed E-state index contributed by atoms with van der Waals surface area (Å²) in [6.45, 7) is 2.89. The molecule has 1 heterocycles. The smallest absolute Gasteiger partial charge is 0.245 e. The Bertz CT molecular complexity index is 455. The molecule has 1 saturated carbocycles. The van der Waals surface area contributed by atoms with Crippen LogP contribution < -0.4 is 5.32 Å². The van der Waals surface area contributed by atoms with Crippen LogP contribution in [0.4, 0.5) is 5.13 Å². The maximum absolute atomic E-state index is 12.5. The topological polar surface area (TPSA) is 62.3 Å². The maximum atomic E-state index is 12.5. The van der Waals surface area contributed by atoms with Crippen LogP contribution in [0, 0.1) is 5.92 Å². The van der Waals surface area contributed by atoms with Gasteiger partial charge in [-0.25, -0.2) is 4.98 Å². The van der Waals surface area contributed by atoms with Gasteiger partial charge >= 0.3 is 0 Å². The molecule has 0 atom stereocenters. The third-order valence-electron chi connectivity index (χ3n) is 3.81. The van der Waals surface area contributed by atoms with Crippen molar-refractivity contribution < 1.29 is 9.59 Å². The maximum Gasteiger partial charge on any atom is 0.245 e. The van der Waals surface area contributed by atoms with Gasteiger partial charge in [-0.15, -0.1) is 11.3 Å². The fourth-order valence-electron chi connectivity index (χ4n) is 2.66. The molecule has 0 unspecified atom stereocenters. The van der Waals surface area contributed by atoms with E-state index in [1.165, 1.54) is 11.3 Å². The number of carbonyl (C=O) groups excluding carboxylic acids is 2. The lowest BCUT2D eigenvalue weighted by Gasteiger charge is -2.24. The average Bonchev–Trinajstić information content (AvgIpc) is 3.15. The molecule has 1 aromatic heterocycles. The van der Waals surface area contributed by atoms with E-state index in [-0.39, 0.29) is 24.3 Å². The van der Waals surface area contributed by atoms with Gasteiger partial charge in [0.1, 0.15) is 0 Å². The molecule has 0 aliphatic heterocycles. The number of amides is 2. The lowest BCUT2D eigenvalue weighted by molar-refractivity contribution is -0.138. The Morgan fingerprint density at radius 3 is 2.81 bits per heavy atom. The summed E-state index contributed by atoms with van der Waals surface area (Å²) in [7, 11) is 0. The standard InChI is InChI=1S/C15H23N3O2S/c1-2-3-9-18(14(20)12-6-4-5-7-12)11-13(19)17-15-16-8-10-21-15/h8,10,12H,2-7,9,11H2,1H3,(H,16,17,19). The molecule has 116 valence electrons. The third-order valence-corrected chi connectivity index (χ3v) is 4.50. The van der Waals surface area contributed by atoms with Crippen molar-refractivity contribution in [2.75, 3.05) is 18.4 Å². The van der Waals surface area contributed by atoms with Crippen molar-refractivity contribution >= 4 is 28.3 Å². The monoisotopic (exact) mass is 309 g/mol. The molecular formula is C15H23N3O2S. The highest BCUT2D eigenvalue weighted by molar-refractivity contribution is 7.13. The highest BCUT2D eigenvalue weighted by atomic mass is 32.1. The second-order valence-corrected chi connectivity index (χ2v) is 6.37. The number of nitrogens with zero attached hydrogens (tertiary/aromatic N) is 2. The Balaban J connectivity index is 1.91. The lowest BCUT2D eigenvalue weighted by atomic mass is 10.1. The van der Waals surface area contributed by atoms with Crippen LogP contribution in [0.1, 0.15) is 45.4 Å². The average molecular weight is 309 g/mol. The van der Waals surface area contributed by atoms with Crippen molar-refractivity contribution in [3.05, 3.63) is 11.6 Å². The SMILES string of the molecule is CCCCN(CC(=O)Nc1nccs1)C(=O)C1CCCC1. The quantitative estimate of drug-likeness (QED) is 0.842. The van der Waals surface area contributed by atoms with E-state index in [0.29, 0.717) is 11.7 Å². The second-order valence-electron chi connectivity index (χ2n) is 5.48. The van der Waals surface area contributed by atoms with E-state index in [9.17, 15) is 9.59 Å². The summed E-state index contributed by atoms with van der Waals surface area (Å²) < 4.78 is 0. The highest BCUT2D eigenvalue weighted by Gasteiger charge is 2.28. The first kappa shape index (κ1) is 15.9. The van der Waals surface area contributed by atoms with Crippen LogP contribution in [-0.4, -0.2) is 34.8 Å². The predicted octanol–water partition coefficient (Wildman–Crippen LogP) is 2.90. The van der Waals surface area contributed by atoms with Crippen LogP contribution in [0.25, 0.3) is 0 Å². The van der Waals surface area contributed by atoms with Gasteiger partial charge in [0.25, 0.3) is 0 Å². The van der Waals surface area contributed by atoms with E-state index in [1.54, 1.807) is 11.1 Å². The Labute approximate surface area is 129 Å². The van der Waals surface area contributed by atoms with E-state index >= 15 is 0 Å². The lowest BCUT2D eigenvalue weighted by Crippen LogP contribution is -2.41. The van der Waals surface area contributed by atoms with Gasteiger partial charge in [0.2, 0.25) is 11.8 Å². The third kappa shape index (κ3) is 4.81. The number of aromatic nitrogens is 1. The highest BCUT2D eigenvalue weighted by Crippen LogP contribution is 2.26. The van der Waals surface area contributed by atoms with Crippen LogP contribution in [-0.2, 0) is 9.59 Å². The van der Waals surface area contributed by atoms with Gasteiger partial charge in [0.05, 0.1) is 6.54 Å². The van der Waals surface area contributed by atoms with Gasteiger partial charge < -0.3 is 10.2 Å². The molecule has 1 aliphatic carbocycles. The van der Waals surface area contributed by atoms with Crippen molar-refractivity contribution in [2.45, 2.75) is 45.4 Å². The molecule has 0 radical (unpaired) electrons. The van der Waals surface area contributed by atoms with Crippen LogP contribution in [0.15, 0.2) is 11.6 Å². The Morgan fingerprint density at radius 2 is 2.19 bits per heavy atom. The number of rotatable bonds is 7. The van der Waals surface area contributed by atoms with E-state index in [0.717, 1.165) is 38.5 Å². The normalized spacial score (nSPS) is 15.1. The predicted molar refractivity (Wildman–Crippen MR) is 84.2 cm³/mol. The van der Waals surface area contributed by atoms with E-state index < -0.39 is 0 Å². The Hall–Kier alpha value is -1.43. The van der Waals surface area contributed by atoms with Gasteiger partial charge in [-0.3, -0.25) is 9.59 Å². The van der Waals surface area contributed by atoms with Crippen LogP contribution in [0.5, 0.6) is 0 Å². The Morgan fingerprint density at radius 1 is 1.43 bits per heavy atom. The zero-order chi connectivity index (χ0) is 15.1. The largest absolute Gasteiger partial charge is 0.333 e. The number of nitrogens with one attached hydrogen (secondary N) is 1. The van der Waals surface area contributed by atoms with Gasteiger partial charge in [0.15, 0.2) is 5.13 Å². The first-order valence-corrected chi connectivity index (χ1v) is 8.56. The van der Waals surface area contributed by atoms with E-state index in [2.05, 4.69) is 17.2 Å². The molecule has 0 aromatic carbocycles. The number of carbonyl (C=O) groups is 2. The minimum Gasteiger partial charge on any atom is -0.333 e. The summed E-state index contributed by atoms with van der Waals surface area (Å²) in [5.41, 5.74) is 0. The summed E-state index contributed by atoms with van der Waals surface area (Å²) in [6, 6.07) is 0. The Kier molecular flexibility index (Phi) is 6.17. The number of anilines is 1. The molecule has 6 heteroatoms. The number of hydrogen-bond acceptors (Lipinski definition) is 4. The molecule has 2 rings (SSSR count). The van der Waals surface area contributed by atoms with Crippen LogP contribution in [0.3, 0.4) is 0 Å². The summed E-state index contributed by atoms with van der Waals surface area (Å²) in [5, 5.41) is 5.15. The molecule has 21 heavy (non-hydrogen) atoms. The fraction of sp³-hybridized carbons (Fsp3) is 0.667. The van der Waals surface area contributed by atoms with Crippen molar-refractivity contribution in [2.24, 2.45) is 5.92 Å². The molecule has 1 aromatic rings. The molecule has 0 bridgehead atoms. The fourth-order valence-corrected chi connectivity index (χ4v) is 3.21. The number of thiazole rings is 1. The van der Waals surface area contributed by atoms with Crippen LogP contribution >= 0.6 is 11.3 Å². The number of hydrogen-bond donors (Lipinski definition) is 1. The minimum atomic E-state index is -0.160. The van der Waals surface area contributed by atoms with Crippen molar-refractivity contribution in [1.29, 1.82) is 0 Å². The second kappa shape index (κ2) is 8.12. The first-order valence-electron chi connectivity index (χ1n) is 7.69. The molecule has 5 nitrogen and oxygen atoms in total. The van der Waals surface area contributed by atoms with Gasteiger partial charge in [-0.05, 0) is 19.3 Å². The minimum absolute atomic E-state index is 0.120. The molecule has 0 spiro atoms. The zero-order valence-electron chi connectivity index (χ0n) is 12.5. The van der Waals surface area contributed by atoms with E-state index in [1.807, 2.05) is 5.38 Å². The van der Waals surface area contributed by atoms with Crippen LogP contribution in [0.2, 0.25) is 0 Å². The van der Waals surface area contributed by atoms with Gasteiger partial charge in [-0.2, -0.15) is 0 Å². The number of unbranched alkanes of at least 4 members (excludes halogenated alkanes) is 1. The molecule has 1 N–H and O–H groups in total. The molecule has 1 aliphatic rings. The summed E-state index contributed by atoms with van der Waals surface area (Å²) >= 11 is 1.38. The summed E-state index contributed by atoms with van der Waals surface area (Å²) in [6.07, 6.45) is 7.79. The molecular weight excluding hydrogens is 286 g/mol. The van der Waals surface area contributed by atoms with Crippen molar-refractivity contribution in [1.82, 2.24) is 9.88 Å². The molecule has 1 fully saturated rings.